The molecule has 4 fully saturated rings. The van der Waals surface area contributed by atoms with E-state index in [-0.39, 0.29) is 11.4 Å². The molecule has 1 aliphatic heterocycles. The van der Waals surface area contributed by atoms with Crippen LogP contribution in [0.2, 0.25) is 0 Å². The number of hydrogen-bond acceptors (Lipinski definition) is 5. The van der Waals surface area contributed by atoms with Crippen LogP contribution in [0.25, 0.3) is 10.9 Å². The SMILES string of the molecule is COc1ccc(CCn2cnc3cc(NC(=N[C@H]4C[C@H]5C[C@@H]([C@@H]4C)C5(C)C)N4C[C@@H](C)N[C@H](C)C4)ccc3c2=O)c(F)c1. The van der Waals surface area contributed by atoms with Gasteiger partial charge in [0.2, 0.25) is 0 Å². The lowest BCUT2D eigenvalue weighted by Crippen LogP contribution is -2.59. The number of nitrogens with zero attached hydrogens (tertiary/aromatic N) is 4. The molecule has 2 bridgehead atoms. The Kier molecular flexibility index (Phi) is 7.96. The molecule has 230 valence electrons. The van der Waals surface area contributed by atoms with Crippen LogP contribution >= 0.6 is 0 Å². The number of halogens is 1. The van der Waals surface area contributed by atoms with Gasteiger partial charge in [-0.15, -0.1) is 0 Å². The summed E-state index contributed by atoms with van der Waals surface area (Å²) in [5.74, 6) is 3.03. The highest BCUT2D eigenvalue weighted by molar-refractivity contribution is 5.96. The highest BCUT2D eigenvalue weighted by Gasteiger charge is 2.56. The lowest BCUT2D eigenvalue weighted by Gasteiger charge is -2.61. The minimum absolute atomic E-state index is 0.137. The van der Waals surface area contributed by atoms with E-state index in [1.807, 2.05) is 18.2 Å². The summed E-state index contributed by atoms with van der Waals surface area (Å²) in [6, 6.07) is 11.5. The molecule has 9 heteroatoms. The molecular formula is C34H45FN6O2. The number of nitrogens with one attached hydrogen (secondary N) is 2. The maximum Gasteiger partial charge on any atom is 0.261 e. The van der Waals surface area contributed by atoms with Crippen LogP contribution in [0.1, 0.15) is 53.0 Å². The molecule has 0 amide bonds. The van der Waals surface area contributed by atoms with E-state index < -0.39 is 0 Å². The van der Waals surface area contributed by atoms with Gasteiger partial charge in [-0.2, -0.15) is 0 Å². The van der Waals surface area contributed by atoms with Crippen LogP contribution in [-0.4, -0.2) is 58.7 Å². The van der Waals surface area contributed by atoms with Crippen molar-refractivity contribution < 1.29 is 9.13 Å². The van der Waals surface area contributed by atoms with Crippen LogP contribution < -0.4 is 20.9 Å². The van der Waals surface area contributed by atoms with Crippen molar-refractivity contribution in [2.75, 3.05) is 25.5 Å². The first-order valence-electron chi connectivity index (χ1n) is 15.7. The average molecular weight is 589 g/mol. The van der Waals surface area contributed by atoms with E-state index >= 15 is 0 Å². The van der Waals surface area contributed by atoms with Gasteiger partial charge in [0, 0.05) is 43.5 Å². The summed E-state index contributed by atoms with van der Waals surface area (Å²) >= 11 is 0. The number of anilines is 1. The fraction of sp³-hybridized carbons (Fsp3) is 0.559. The van der Waals surface area contributed by atoms with Crippen molar-refractivity contribution in [1.29, 1.82) is 0 Å². The number of benzene rings is 2. The molecule has 2 heterocycles. The van der Waals surface area contributed by atoms with Gasteiger partial charge in [0.15, 0.2) is 5.96 Å². The first-order chi connectivity index (χ1) is 20.5. The Morgan fingerprint density at radius 3 is 2.58 bits per heavy atom. The summed E-state index contributed by atoms with van der Waals surface area (Å²) in [7, 11) is 1.51. The van der Waals surface area contributed by atoms with E-state index in [4.69, 9.17) is 9.73 Å². The van der Waals surface area contributed by atoms with E-state index in [1.54, 1.807) is 23.0 Å². The molecule has 3 aliphatic carbocycles. The molecule has 6 atom stereocenters. The predicted octanol–water partition coefficient (Wildman–Crippen LogP) is 5.31. The third-order valence-electron chi connectivity index (χ3n) is 10.4. The monoisotopic (exact) mass is 588 g/mol. The number of ether oxygens (including phenoxy) is 1. The standard InChI is InChI=1S/C34H45FN6O2/c1-20-17-41(18-21(2)37-20)33(39-30-14-24-13-28(22(30)3)34(24,4)5)38-25-8-10-27-31(15-25)36-19-40(32(27)42)12-11-23-7-9-26(43-6)16-29(23)35/h7-10,15-16,19-22,24,28,30,37H,11-14,17-18H2,1-6H3,(H,38,39)/t20-,21-,22+,24-,28+,30+/m1/s1. The van der Waals surface area contributed by atoms with E-state index in [9.17, 15) is 9.18 Å². The first kappa shape index (κ1) is 29.6. The second kappa shape index (κ2) is 11.6. The summed E-state index contributed by atoms with van der Waals surface area (Å²) in [6.45, 7) is 13.7. The number of aryl methyl sites for hydroxylation is 2. The third-order valence-corrected chi connectivity index (χ3v) is 10.4. The summed E-state index contributed by atoms with van der Waals surface area (Å²) in [4.78, 5) is 25.7. The molecule has 3 saturated carbocycles. The third kappa shape index (κ3) is 5.76. The van der Waals surface area contributed by atoms with Gasteiger partial charge in [0.25, 0.3) is 5.56 Å². The normalized spacial score (nSPS) is 28.4. The molecule has 43 heavy (non-hydrogen) atoms. The van der Waals surface area contributed by atoms with Crippen LogP contribution in [0.3, 0.4) is 0 Å². The van der Waals surface area contributed by atoms with Crippen molar-refractivity contribution in [1.82, 2.24) is 19.8 Å². The number of fused-ring (bicyclic) bond motifs is 3. The highest BCUT2D eigenvalue weighted by atomic mass is 19.1. The molecule has 0 spiro atoms. The van der Waals surface area contributed by atoms with Crippen LogP contribution in [-0.2, 0) is 13.0 Å². The Morgan fingerprint density at radius 2 is 1.91 bits per heavy atom. The smallest absolute Gasteiger partial charge is 0.261 e. The number of methoxy groups -OCH3 is 1. The van der Waals surface area contributed by atoms with Crippen LogP contribution in [0, 0.1) is 29.0 Å². The molecule has 4 aliphatic rings. The number of hydrogen-bond donors (Lipinski definition) is 2. The largest absolute Gasteiger partial charge is 0.497 e. The van der Waals surface area contributed by atoms with Crippen LogP contribution in [0.5, 0.6) is 5.75 Å². The molecule has 1 aromatic heterocycles. The zero-order chi connectivity index (χ0) is 30.5. The molecule has 0 unspecified atom stereocenters. The quantitative estimate of drug-likeness (QED) is 0.300. The lowest BCUT2D eigenvalue weighted by atomic mass is 9.45. The van der Waals surface area contributed by atoms with Gasteiger partial charge in [0.05, 0.1) is 30.4 Å². The summed E-state index contributed by atoms with van der Waals surface area (Å²) in [5, 5.41) is 7.81. The second-order valence-electron chi connectivity index (χ2n) is 13.7. The predicted molar refractivity (Wildman–Crippen MR) is 170 cm³/mol. The number of aliphatic imine (C=N–C) groups is 1. The average Bonchev–Trinajstić information content (AvgIpc) is 2.97. The molecule has 2 N–H and O–H groups in total. The fourth-order valence-corrected chi connectivity index (χ4v) is 7.77. The van der Waals surface area contributed by atoms with E-state index in [0.717, 1.165) is 43.0 Å². The maximum atomic E-state index is 14.4. The number of guanidine groups is 1. The lowest BCUT2D eigenvalue weighted by molar-refractivity contribution is -0.108. The van der Waals surface area contributed by atoms with Gasteiger partial charge in [-0.25, -0.2) is 14.4 Å². The molecular weight excluding hydrogens is 543 g/mol. The van der Waals surface area contributed by atoms with Crippen molar-refractivity contribution in [3.63, 3.8) is 0 Å². The van der Waals surface area contributed by atoms with Gasteiger partial charge in [0.1, 0.15) is 11.6 Å². The van der Waals surface area contributed by atoms with Gasteiger partial charge in [-0.1, -0.05) is 26.8 Å². The van der Waals surface area contributed by atoms with Crippen LogP contribution in [0.4, 0.5) is 10.1 Å². The van der Waals surface area contributed by atoms with Gasteiger partial charge >= 0.3 is 0 Å². The van der Waals surface area contributed by atoms with Crippen molar-refractivity contribution in [3.8, 4) is 5.75 Å². The zero-order valence-corrected chi connectivity index (χ0v) is 26.2. The summed E-state index contributed by atoms with van der Waals surface area (Å²) in [5.41, 5.74) is 2.30. The Hall–Kier alpha value is -3.46. The van der Waals surface area contributed by atoms with E-state index in [2.05, 4.69) is 55.1 Å². The molecule has 3 aromatic rings. The Labute approximate surface area is 253 Å². The Morgan fingerprint density at radius 1 is 1.14 bits per heavy atom. The van der Waals surface area contributed by atoms with E-state index in [0.29, 0.717) is 64.6 Å². The molecule has 8 nitrogen and oxygen atoms in total. The van der Waals surface area contributed by atoms with Crippen LogP contribution in [0.15, 0.2) is 52.5 Å². The first-order valence-corrected chi connectivity index (χ1v) is 15.7. The van der Waals surface area contributed by atoms with E-state index in [1.165, 1.54) is 19.6 Å². The number of piperazine rings is 1. The minimum Gasteiger partial charge on any atom is -0.497 e. The van der Waals surface area contributed by atoms with Crippen molar-refractivity contribution in [3.05, 3.63) is 64.5 Å². The maximum absolute atomic E-state index is 14.4. The number of aromatic nitrogens is 2. The van der Waals surface area contributed by atoms with Gasteiger partial charge in [-0.05, 0) is 86.1 Å². The molecule has 2 aromatic carbocycles. The highest BCUT2D eigenvalue weighted by Crippen LogP contribution is 2.61. The van der Waals surface area contributed by atoms with Gasteiger partial charge < -0.3 is 20.3 Å². The zero-order valence-electron chi connectivity index (χ0n) is 26.2. The topological polar surface area (TPSA) is 83.8 Å². The molecule has 1 saturated heterocycles. The number of rotatable bonds is 6. The van der Waals surface area contributed by atoms with Crippen molar-refractivity contribution >= 4 is 22.5 Å². The Balaban J connectivity index is 1.23. The fourth-order valence-electron chi connectivity index (χ4n) is 7.77. The molecule has 0 radical (unpaired) electrons. The Bertz CT molecular complexity index is 1570. The summed E-state index contributed by atoms with van der Waals surface area (Å²) < 4.78 is 21.1. The van der Waals surface area contributed by atoms with Crippen molar-refractivity contribution in [2.45, 2.75) is 78.6 Å². The second-order valence-corrected chi connectivity index (χ2v) is 13.7. The molecule has 7 rings (SSSR count). The minimum atomic E-state index is -0.342. The van der Waals surface area contributed by atoms with Crippen molar-refractivity contribution in [2.24, 2.45) is 28.2 Å². The van der Waals surface area contributed by atoms with Gasteiger partial charge in [-0.3, -0.25) is 9.36 Å². The summed E-state index contributed by atoms with van der Waals surface area (Å²) in [6.07, 6.45) is 4.39.